The van der Waals surface area contributed by atoms with Crippen molar-refractivity contribution in [2.45, 2.75) is 19.5 Å². The van der Waals surface area contributed by atoms with Crippen LogP contribution in [0, 0.1) is 10.1 Å². The van der Waals surface area contributed by atoms with E-state index in [1.54, 1.807) is 12.1 Å². The lowest BCUT2D eigenvalue weighted by Gasteiger charge is -2.14. The lowest BCUT2D eigenvalue weighted by atomic mass is 10.1. The lowest BCUT2D eigenvalue weighted by Crippen LogP contribution is -2.18. The first-order valence-corrected chi connectivity index (χ1v) is 6.71. The molecule has 5 heteroatoms. The number of benzene rings is 2. The van der Waals surface area contributed by atoms with E-state index in [1.807, 2.05) is 36.4 Å². The number of nitro benzene ring substituents is 1. The minimum atomic E-state index is -0.428. The zero-order valence-electron chi connectivity index (χ0n) is 12.1. The maximum absolute atomic E-state index is 11.0. The van der Waals surface area contributed by atoms with Gasteiger partial charge in [-0.3, -0.25) is 10.1 Å². The van der Waals surface area contributed by atoms with E-state index in [-0.39, 0.29) is 17.5 Å². The van der Waals surface area contributed by atoms with Gasteiger partial charge in [-0.25, -0.2) is 0 Å². The summed E-state index contributed by atoms with van der Waals surface area (Å²) >= 11 is 0. The third kappa shape index (κ3) is 3.79. The number of methoxy groups -OCH3 is 1. The zero-order valence-corrected chi connectivity index (χ0v) is 12.1. The number of nitrogens with one attached hydrogen (secondary N) is 1. The van der Waals surface area contributed by atoms with Gasteiger partial charge in [0.05, 0.1) is 12.0 Å². The third-order valence-corrected chi connectivity index (χ3v) is 3.35. The van der Waals surface area contributed by atoms with Crippen LogP contribution in [0.1, 0.15) is 24.1 Å². The fourth-order valence-electron chi connectivity index (χ4n) is 2.12. The highest BCUT2D eigenvalue weighted by Crippen LogP contribution is 2.27. The number of ether oxygens (including phenoxy) is 1. The van der Waals surface area contributed by atoms with E-state index in [0.717, 1.165) is 5.56 Å². The predicted octanol–water partition coefficient (Wildman–Crippen LogP) is 3.45. The summed E-state index contributed by atoms with van der Waals surface area (Å²) in [5.41, 5.74) is 2.02. The number of hydrogen-bond acceptors (Lipinski definition) is 4. The highest BCUT2D eigenvalue weighted by atomic mass is 16.6. The van der Waals surface area contributed by atoms with Crippen LogP contribution in [-0.4, -0.2) is 12.0 Å². The number of nitro groups is 1. The van der Waals surface area contributed by atoms with Gasteiger partial charge < -0.3 is 10.1 Å². The van der Waals surface area contributed by atoms with Crippen molar-refractivity contribution in [2.75, 3.05) is 7.11 Å². The first kappa shape index (κ1) is 15.0. The maximum atomic E-state index is 11.0. The predicted molar refractivity (Wildman–Crippen MR) is 81.3 cm³/mol. The van der Waals surface area contributed by atoms with Crippen LogP contribution in [0.3, 0.4) is 0 Å². The second-order valence-electron chi connectivity index (χ2n) is 4.78. The monoisotopic (exact) mass is 286 g/mol. The van der Waals surface area contributed by atoms with Gasteiger partial charge in [-0.1, -0.05) is 36.4 Å². The molecular formula is C16H18N2O3. The largest absolute Gasteiger partial charge is 0.490 e. The Kier molecular flexibility index (Phi) is 4.90. The van der Waals surface area contributed by atoms with Gasteiger partial charge in [-0.05, 0) is 24.1 Å². The molecule has 0 aliphatic heterocycles. The molecule has 1 N–H and O–H groups in total. The first-order valence-electron chi connectivity index (χ1n) is 6.71. The van der Waals surface area contributed by atoms with E-state index in [2.05, 4.69) is 12.2 Å². The van der Waals surface area contributed by atoms with Crippen LogP contribution >= 0.6 is 0 Å². The van der Waals surface area contributed by atoms with Crippen LogP contribution in [-0.2, 0) is 6.54 Å². The van der Waals surface area contributed by atoms with Gasteiger partial charge in [0, 0.05) is 18.7 Å². The number of rotatable bonds is 6. The Bertz CT molecular complexity index is 614. The third-order valence-electron chi connectivity index (χ3n) is 3.35. The van der Waals surface area contributed by atoms with Gasteiger partial charge >= 0.3 is 5.69 Å². The summed E-state index contributed by atoms with van der Waals surface area (Å²) in [4.78, 5) is 10.6. The molecule has 0 heterocycles. The molecule has 0 fully saturated rings. The Morgan fingerprint density at radius 1 is 1.24 bits per heavy atom. The second kappa shape index (κ2) is 6.85. The quantitative estimate of drug-likeness (QED) is 0.652. The van der Waals surface area contributed by atoms with Crippen LogP contribution in [0.4, 0.5) is 5.69 Å². The average Bonchev–Trinajstić information content (AvgIpc) is 2.53. The van der Waals surface area contributed by atoms with Gasteiger partial charge in [-0.2, -0.15) is 0 Å². The van der Waals surface area contributed by atoms with Crippen LogP contribution in [0.25, 0.3) is 0 Å². The van der Waals surface area contributed by atoms with Gasteiger partial charge in [0.1, 0.15) is 0 Å². The van der Waals surface area contributed by atoms with Crippen molar-refractivity contribution in [1.82, 2.24) is 5.32 Å². The zero-order chi connectivity index (χ0) is 15.2. The molecule has 21 heavy (non-hydrogen) atoms. The minimum absolute atomic E-state index is 0.0100. The van der Waals surface area contributed by atoms with Gasteiger partial charge in [0.15, 0.2) is 5.75 Å². The second-order valence-corrected chi connectivity index (χ2v) is 4.78. The molecule has 5 nitrogen and oxygen atoms in total. The molecule has 110 valence electrons. The molecular weight excluding hydrogens is 268 g/mol. The van der Waals surface area contributed by atoms with E-state index < -0.39 is 4.92 Å². The summed E-state index contributed by atoms with van der Waals surface area (Å²) in [5.74, 6) is 0.278. The summed E-state index contributed by atoms with van der Waals surface area (Å²) < 4.78 is 4.99. The van der Waals surface area contributed by atoms with E-state index in [1.165, 1.54) is 12.7 Å². The minimum Gasteiger partial charge on any atom is -0.490 e. The van der Waals surface area contributed by atoms with E-state index >= 15 is 0 Å². The first-order chi connectivity index (χ1) is 10.1. The van der Waals surface area contributed by atoms with Crippen molar-refractivity contribution in [1.29, 1.82) is 0 Å². The number of hydrogen-bond donors (Lipinski definition) is 1. The van der Waals surface area contributed by atoms with Gasteiger partial charge in [0.2, 0.25) is 0 Å². The fourth-order valence-corrected chi connectivity index (χ4v) is 2.12. The Balaban J connectivity index is 2.07. The molecule has 2 rings (SSSR count). The van der Waals surface area contributed by atoms with Crippen molar-refractivity contribution >= 4 is 5.69 Å². The molecule has 1 atom stereocenters. The average molecular weight is 286 g/mol. The topological polar surface area (TPSA) is 64.4 Å². The molecule has 0 amide bonds. The molecule has 0 unspecified atom stereocenters. The molecule has 0 aromatic heterocycles. The smallest absolute Gasteiger partial charge is 0.311 e. The summed E-state index contributed by atoms with van der Waals surface area (Å²) in [5, 5.41) is 14.4. The van der Waals surface area contributed by atoms with Crippen molar-refractivity contribution < 1.29 is 9.66 Å². The van der Waals surface area contributed by atoms with E-state index in [4.69, 9.17) is 4.74 Å². The molecule has 2 aromatic rings. The maximum Gasteiger partial charge on any atom is 0.311 e. The van der Waals surface area contributed by atoms with Crippen LogP contribution in [0.2, 0.25) is 0 Å². The summed E-state index contributed by atoms with van der Waals surface area (Å²) in [7, 11) is 1.43. The summed E-state index contributed by atoms with van der Waals surface area (Å²) in [6.07, 6.45) is 0. The molecule has 0 saturated carbocycles. The van der Waals surface area contributed by atoms with Crippen molar-refractivity contribution in [2.24, 2.45) is 0 Å². The van der Waals surface area contributed by atoms with Gasteiger partial charge in [-0.15, -0.1) is 0 Å². The van der Waals surface area contributed by atoms with E-state index in [9.17, 15) is 10.1 Å². The Hall–Kier alpha value is -2.40. The standard InChI is InChI=1S/C16H18N2O3/c1-12(14-6-4-3-5-7-14)17-11-13-8-9-16(21-2)15(10-13)18(19)20/h3-10,12,17H,11H2,1-2H3/t12-/m1/s1. The molecule has 0 radical (unpaired) electrons. The normalized spacial score (nSPS) is 11.9. The van der Waals surface area contributed by atoms with Crippen LogP contribution in [0.5, 0.6) is 5.75 Å². The summed E-state index contributed by atoms with van der Waals surface area (Å²) in [6.45, 7) is 2.62. The van der Waals surface area contributed by atoms with Crippen LogP contribution < -0.4 is 10.1 Å². The Morgan fingerprint density at radius 2 is 1.95 bits per heavy atom. The Morgan fingerprint density at radius 3 is 2.57 bits per heavy atom. The highest BCUT2D eigenvalue weighted by Gasteiger charge is 2.15. The molecule has 0 aliphatic rings. The van der Waals surface area contributed by atoms with Crippen molar-refractivity contribution in [3.05, 3.63) is 69.8 Å². The SMILES string of the molecule is COc1ccc(CN[C@H](C)c2ccccc2)cc1[N+](=O)[O-]. The summed E-state index contributed by atoms with van der Waals surface area (Å²) in [6, 6.07) is 15.2. The molecule has 0 saturated heterocycles. The van der Waals surface area contributed by atoms with Crippen LogP contribution in [0.15, 0.2) is 48.5 Å². The van der Waals surface area contributed by atoms with E-state index in [0.29, 0.717) is 6.54 Å². The molecule has 2 aromatic carbocycles. The molecule has 0 bridgehead atoms. The highest BCUT2D eigenvalue weighted by molar-refractivity contribution is 5.48. The molecule has 0 spiro atoms. The van der Waals surface area contributed by atoms with Gasteiger partial charge in [0.25, 0.3) is 0 Å². The molecule has 0 aliphatic carbocycles. The number of nitrogens with zero attached hydrogens (tertiary/aromatic N) is 1. The van der Waals surface area contributed by atoms with Crippen molar-refractivity contribution in [3.8, 4) is 5.75 Å². The Labute approximate surface area is 123 Å². The fraction of sp³-hybridized carbons (Fsp3) is 0.250. The lowest BCUT2D eigenvalue weighted by molar-refractivity contribution is -0.385. The van der Waals surface area contributed by atoms with Crippen molar-refractivity contribution in [3.63, 3.8) is 0 Å².